The Morgan fingerprint density at radius 3 is 2.91 bits per heavy atom. The average molecular weight is 180 g/mol. The van der Waals surface area contributed by atoms with Gasteiger partial charge in [-0.05, 0) is 6.42 Å². The quantitative estimate of drug-likeness (QED) is 0.448. The van der Waals surface area contributed by atoms with Gasteiger partial charge in [0.2, 0.25) is 0 Å². The van der Waals surface area contributed by atoms with E-state index in [1.54, 1.807) is 0 Å². The van der Waals surface area contributed by atoms with Crippen LogP contribution in [0.3, 0.4) is 0 Å². The lowest BCUT2D eigenvalue weighted by Gasteiger charge is -2.03. The van der Waals surface area contributed by atoms with Crippen molar-refractivity contribution in [2.24, 2.45) is 5.73 Å². The minimum absolute atomic E-state index is 0.494. The van der Waals surface area contributed by atoms with Gasteiger partial charge in [0.05, 0.1) is 6.61 Å². The molecule has 0 spiro atoms. The Morgan fingerprint density at radius 2 is 2.36 bits per heavy atom. The molecule has 1 unspecified atom stereocenters. The van der Waals surface area contributed by atoms with Gasteiger partial charge in [-0.25, -0.2) is 5.09 Å². The number of unbranched alkanes of at least 4 members (excludes halogenated alkanes) is 1. The molecule has 4 nitrogen and oxygen atoms in total. The predicted octanol–water partition coefficient (Wildman–Crippen LogP) is 0.741. The van der Waals surface area contributed by atoms with Gasteiger partial charge >= 0.3 is 0 Å². The number of hydrogen-bond acceptors (Lipinski definition) is 3. The van der Waals surface area contributed by atoms with Crippen molar-refractivity contribution in [2.75, 3.05) is 19.7 Å². The third-order valence-electron chi connectivity index (χ3n) is 1.14. The van der Waals surface area contributed by atoms with Crippen LogP contribution in [0.4, 0.5) is 0 Å². The Labute approximate surface area is 68.4 Å². The largest absolute Gasteiger partial charge is 0.329 e. The van der Waals surface area contributed by atoms with E-state index in [2.05, 4.69) is 12.0 Å². The van der Waals surface area contributed by atoms with Crippen molar-refractivity contribution in [3.8, 4) is 0 Å². The summed E-state index contributed by atoms with van der Waals surface area (Å²) < 4.78 is 15.8. The highest BCUT2D eigenvalue weighted by Crippen LogP contribution is 2.15. The van der Waals surface area contributed by atoms with Crippen LogP contribution in [0.15, 0.2) is 0 Å². The smallest absolute Gasteiger partial charge is 0.258 e. The molecule has 0 aromatic rings. The van der Waals surface area contributed by atoms with Gasteiger partial charge in [-0.15, -0.1) is 0 Å². The van der Waals surface area contributed by atoms with E-state index < -0.39 is 8.18 Å². The van der Waals surface area contributed by atoms with E-state index in [0.29, 0.717) is 19.7 Å². The van der Waals surface area contributed by atoms with Crippen LogP contribution in [0.1, 0.15) is 19.8 Å². The van der Waals surface area contributed by atoms with Crippen molar-refractivity contribution in [1.29, 1.82) is 0 Å². The van der Waals surface area contributed by atoms with Gasteiger partial charge < -0.3 is 10.3 Å². The minimum Gasteiger partial charge on any atom is -0.329 e. The fourth-order valence-electron chi connectivity index (χ4n) is 0.534. The Balaban J connectivity index is 3.09. The number of rotatable bonds is 7. The molecule has 0 saturated heterocycles. The van der Waals surface area contributed by atoms with E-state index in [4.69, 9.17) is 10.3 Å². The van der Waals surface area contributed by atoms with Crippen LogP contribution < -0.4 is 10.8 Å². The van der Waals surface area contributed by atoms with Crippen LogP contribution in [-0.4, -0.2) is 19.7 Å². The molecule has 0 rings (SSSR count). The Bertz CT molecular complexity index is 111. The van der Waals surface area contributed by atoms with Crippen molar-refractivity contribution in [2.45, 2.75) is 19.8 Å². The Hall–Kier alpha value is 0.110. The van der Waals surface area contributed by atoms with E-state index >= 15 is 0 Å². The molecule has 0 amide bonds. The SMILES string of the molecule is CCCCO[PH](=O)NCCN. The maximum Gasteiger partial charge on any atom is 0.258 e. The van der Waals surface area contributed by atoms with E-state index in [-0.39, 0.29) is 0 Å². The molecule has 0 aromatic carbocycles. The lowest BCUT2D eigenvalue weighted by Crippen LogP contribution is -2.16. The Kier molecular flexibility index (Phi) is 8.29. The topological polar surface area (TPSA) is 64.3 Å². The molecule has 0 aliphatic rings. The third-order valence-corrected chi connectivity index (χ3v) is 2.15. The monoisotopic (exact) mass is 180 g/mol. The first-order valence-corrected chi connectivity index (χ1v) is 5.23. The van der Waals surface area contributed by atoms with Gasteiger partial charge in [-0.3, -0.25) is 4.57 Å². The Morgan fingerprint density at radius 1 is 1.64 bits per heavy atom. The fourth-order valence-corrected chi connectivity index (χ4v) is 1.31. The average Bonchev–Trinajstić information content (AvgIpc) is 2.01. The van der Waals surface area contributed by atoms with Crippen molar-refractivity contribution in [1.82, 2.24) is 5.09 Å². The zero-order chi connectivity index (χ0) is 8.53. The second-order valence-electron chi connectivity index (χ2n) is 2.20. The van der Waals surface area contributed by atoms with Gasteiger partial charge in [0, 0.05) is 13.1 Å². The highest BCUT2D eigenvalue weighted by Gasteiger charge is 1.94. The lowest BCUT2D eigenvalue weighted by molar-refractivity contribution is 0.315. The summed E-state index contributed by atoms with van der Waals surface area (Å²) in [4.78, 5) is 0. The minimum atomic E-state index is -2.00. The summed E-state index contributed by atoms with van der Waals surface area (Å²) in [6.07, 6.45) is 2.02. The van der Waals surface area contributed by atoms with Crippen LogP contribution in [0.25, 0.3) is 0 Å². The molecule has 0 fully saturated rings. The normalized spacial score (nSPS) is 13.3. The van der Waals surface area contributed by atoms with Crippen LogP contribution in [0.5, 0.6) is 0 Å². The van der Waals surface area contributed by atoms with Gasteiger partial charge in [0.1, 0.15) is 0 Å². The summed E-state index contributed by atoms with van der Waals surface area (Å²) in [5.74, 6) is 0. The van der Waals surface area contributed by atoms with E-state index in [1.807, 2.05) is 0 Å². The first-order valence-electron chi connectivity index (χ1n) is 3.92. The summed E-state index contributed by atoms with van der Waals surface area (Å²) in [6, 6.07) is 0. The first-order chi connectivity index (χ1) is 5.31. The molecular weight excluding hydrogens is 163 g/mol. The second-order valence-corrected chi connectivity index (χ2v) is 3.42. The van der Waals surface area contributed by atoms with Crippen molar-refractivity contribution in [3.63, 3.8) is 0 Å². The van der Waals surface area contributed by atoms with Crippen molar-refractivity contribution >= 4 is 8.18 Å². The van der Waals surface area contributed by atoms with E-state index in [1.165, 1.54) is 0 Å². The lowest BCUT2D eigenvalue weighted by atomic mass is 10.4. The van der Waals surface area contributed by atoms with Crippen LogP contribution in [0, 0.1) is 0 Å². The number of nitrogens with one attached hydrogen (secondary N) is 1. The van der Waals surface area contributed by atoms with E-state index in [0.717, 1.165) is 12.8 Å². The van der Waals surface area contributed by atoms with Gasteiger partial charge in [-0.1, -0.05) is 13.3 Å². The molecule has 1 atom stereocenters. The maximum absolute atomic E-state index is 10.9. The molecule has 0 bridgehead atoms. The van der Waals surface area contributed by atoms with Gasteiger partial charge in [0.15, 0.2) is 0 Å². The molecule has 0 aliphatic carbocycles. The molecule has 0 aliphatic heterocycles. The molecule has 0 saturated carbocycles. The summed E-state index contributed by atoms with van der Waals surface area (Å²) >= 11 is 0. The first kappa shape index (κ1) is 11.1. The maximum atomic E-state index is 10.9. The second kappa shape index (κ2) is 8.21. The molecule has 5 heteroatoms. The fraction of sp³-hybridized carbons (Fsp3) is 1.00. The highest BCUT2D eigenvalue weighted by molar-refractivity contribution is 7.36. The number of nitrogens with two attached hydrogens (primary N) is 1. The van der Waals surface area contributed by atoms with E-state index in [9.17, 15) is 4.57 Å². The molecular formula is C6H17N2O2P. The number of hydrogen-bond donors (Lipinski definition) is 2. The molecule has 0 aromatic heterocycles. The molecule has 0 heterocycles. The zero-order valence-corrected chi connectivity index (χ0v) is 7.93. The highest BCUT2D eigenvalue weighted by atomic mass is 31.1. The van der Waals surface area contributed by atoms with Gasteiger partial charge in [-0.2, -0.15) is 0 Å². The molecule has 11 heavy (non-hydrogen) atoms. The predicted molar refractivity (Wildman–Crippen MR) is 46.9 cm³/mol. The summed E-state index contributed by atoms with van der Waals surface area (Å²) in [5.41, 5.74) is 5.19. The van der Waals surface area contributed by atoms with Gasteiger partial charge in [0.25, 0.3) is 8.18 Å². The third kappa shape index (κ3) is 8.01. The van der Waals surface area contributed by atoms with Crippen molar-refractivity contribution in [3.05, 3.63) is 0 Å². The molecule has 0 radical (unpaired) electrons. The standard InChI is InChI=1S/C6H17N2O2P/c1-2-3-6-10-11(9)8-5-4-7/h11H,2-7H2,1H3,(H,8,9). The zero-order valence-electron chi connectivity index (χ0n) is 6.93. The van der Waals surface area contributed by atoms with Crippen LogP contribution in [0.2, 0.25) is 0 Å². The molecule has 68 valence electrons. The van der Waals surface area contributed by atoms with Crippen LogP contribution >= 0.6 is 8.18 Å². The molecule has 3 N–H and O–H groups in total. The van der Waals surface area contributed by atoms with Crippen molar-refractivity contribution < 1.29 is 9.09 Å². The summed E-state index contributed by atoms with van der Waals surface area (Å²) in [7, 11) is -2.00. The summed E-state index contributed by atoms with van der Waals surface area (Å²) in [5, 5.41) is 2.69. The summed E-state index contributed by atoms with van der Waals surface area (Å²) in [6.45, 7) is 3.69. The van der Waals surface area contributed by atoms with Crippen LogP contribution in [-0.2, 0) is 9.09 Å².